The molecule has 1 atom stereocenters. The Morgan fingerprint density at radius 2 is 1.85 bits per heavy atom. The van der Waals surface area contributed by atoms with Crippen molar-refractivity contribution in [3.05, 3.63) is 59.5 Å². The fourth-order valence-electron chi connectivity index (χ4n) is 3.38. The van der Waals surface area contributed by atoms with Crippen LogP contribution < -0.4 is 10.6 Å². The monoisotopic (exact) mass is 482 g/mol. The Morgan fingerprint density at radius 1 is 1.11 bits per heavy atom. The number of nitrogens with zero attached hydrogens (tertiary/aromatic N) is 2. The number of hydrogen-bond acceptors (Lipinski definition) is 3. The summed E-state index contributed by atoms with van der Waals surface area (Å²) in [4.78, 5) is 7.23. The van der Waals surface area contributed by atoms with Crippen molar-refractivity contribution >= 4 is 29.9 Å². The van der Waals surface area contributed by atoms with Crippen LogP contribution in [0.1, 0.15) is 42.9 Å². The first-order valence-corrected chi connectivity index (χ1v) is 9.62. The minimum atomic E-state index is 0. The van der Waals surface area contributed by atoms with Gasteiger partial charge in [-0.1, -0.05) is 30.3 Å². The maximum absolute atomic E-state index is 5.94. The molecule has 1 aliphatic heterocycles. The SMILES string of the molecule is CCNC(=NCc1ccccc1)NCC(c1ccc(C)o1)N1CCCC1.I. The Bertz CT molecular complexity index is 695. The molecule has 27 heavy (non-hydrogen) atoms. The van der Waals surface area contributed by atoms with Gasteiger partial charge in [-0.2, -0.15) is 0 Å². The van der Waals surface area contributed by atoms with Crippen molar-refractivity contribution in [1.82, 2.24) is 15.5 Å². The lowest BCUT2D eigenvalue weighted by molar-refractivity contribution is 0.213. The summed E-state index contributed by atoms with van der Waals surface area (Å²) in [5.41, 5.74) is 1.21. The summed E-state index contributed by atoms with van der Waals surface area (Å²) in [6.07, 6.45) is 2.52. The minimum Gasteiger partial charge on any atom is -0.465 e. The first-order valence-electron chi connectivity index (χ1n) is 9.62. The highest BCUT2D eigenvalue weighted by atomic mass is 127. The average Bonchev–Trinajstić information content (AvgIpc) is 3.33. The van der Waals surface area contributed by atoms with Crippen molar-refractivity contribution in [3.63, 3.8) is 0 Å². The predicted molar refractivity (Wildman–Crippen MR) is 122 cm³/mol. The fraction of sp³-hybridized carbons (Fsp3) is 0.476. The van der Waals surface area contributed by atoms with E-state index in [4.69, 9.17) is 9.41 Å². The third kappa shape index (κ3) is 6.53. The Labute approximate surface area is 179 Å². The molecule has 148 valence electrons. The maximum atomic E-state index is 5.94. The van der Waals surface area contributed by atoms with Gasteiger partial charge in [-0.3, -0.25) is 4.90 Å². The van der Waals surface area contributed by atoms with Crippen molar-refractivity contribution in [2.24, 2.45) is 4.99 Å². The third-order valence-corrected chi connectivity index (χ3v) is 4.74. The van der Waals surface area contributed by atoms with Crippen molar-refractivity contribution in [3.8, 4) is 0 Å². The van der Waals surface area contributed by atoms with E-state index in [1.54, 1.807) is 0 Å². The summed E-state index contributed by atoms with van der Waals surface area (Å²) in [6, 6.07) is 14.7. The third-order valence-electron chi connectivity index (χ3n) is 4.74. The molecule has 0 radical (unpaired) electrons. The molecular formula is C21H31IN4O. The Balaban J connectivity index is 0.00000261. The van der Waals surface area contributed by atoms with Gasteiger partial charge in [0.15, 0.2) is 5.96 Å². The van der Waals surface area contributed by atoms with E-state index in [0.29, 0.717) is 6.54 Å². The number of benzene rings is 1. The molecule has 2 heterocycles. The van der Waals surface area contributed by atoms with Crippen LogP contribution in [0.2, 0.25) is 0 Å². The second-order valence-corrected chi connectivity index (χ2v) is 6.77. The van der Waals surface area contributed by atoms with Gasteiger partial charge in [0.1, 0.15) is 11.5 Å². The molecule has 0 amide bonds. The number of aryl methyl sites for hydroxylation is 1. The standard InChI is InChI=1S/C21H30N4O.HI/c1-3-22-21(23-15-18-9-5-4-6-10-18)24-16-19(25-13-7-8-14-25)20-12-11-17(2)26-20;/h4-6,9-12,19H,3,7-8,13-16H2,1-2H3,(H2,22,23,24);1H. The second-order valence-electron chi connectivity index (χ2n) is 6.77. The van der Waals surface area contributed by atoms with Gasteiger partial charge in [-0.05, 0) is 57.5 Å². The highest BCUT2D eigenvalue weighted by molar-refractivity contribution is 14.0. The summed E-state index contributed by atoms with van der Waals surface area (Å²) in [6.45, 7) is 8.65. The van der Waals surface area contributed by atoms with Crippen LogP contribution in [0.3, 0.4) is 0 Å². The normalized spacial score (nSPS) is 16.0. The van der Waals surface area contributed by atoms with E-state index in [9.17, 15) is 0 Å². The lowest BCUT2D eigenvalue weighted by atomic mass is 10.2. The fourth-order valence-corrected chi connectivity index (χ4v) is 3.38. The molecule has 5 nitrogen and oxygen atoms in total. The zero-order valence-electron chi connectivity index (χ0n) is 16.3. The van der Waals surface area contributed by atoms with E-state index in [1.165, 1.54) is 18.4 Å². The summed E-state index contributed by atoms with van der Waals surface area (Å²) in [7, 11) is 0. The van der Waals surface area contributed by atoms with Crippen molar-refractivity contribution in [2.45, 2.75) is 39.3 Å². The molecule has 6 heteroatoms. The van der Waals surface area contributed by atoms with Gasteiger partial charge in [-0.15, -0.1) is 24.0 Å². The molecule has 1 unspecified atom stereocenters. The summed E-state index contributed by atoms with van der Waals surface area (Å²) < 4.78 is 5.94. The van der Waals surface area contributed by atoms with Crippen LogP contribution in [0, 0.1) is 6.92 Å². The van der Waals surface area contributed by atoms with Crippen molar-refractivity contribution in [1.29, 1.82) is 0 Å². The highest BCUT2D eigenvalue weighted by Crippen LogP contribution is 2.26. The van der Waals surface area contributed by atoms with Crippen LogP contribution >= 0.6 is 24.0 Å². The van der Waals surface area contributed by atoms with E-state index >= 15 is 0 Å². The molecule has 0 saturated carbocycles. The molecule has 1 aromatic heterocycles. The lowest BCUT2D eigenvalue weighted by Gasteiger charge is -2.26. The highest BCUT2D eigenvalue weighted by Gasteiger charge is 2.26. The molecule has 0 bridgehead atoms. The minimum absolute atomic E-state index is 0. The maximum Gasteiger partial charge on any atom is 0.191 e. The number of halogens is 1. The number of nitrogens with one attached hydrogen (secondary N) is 2. The topological polar surface area (TPSA) is 52.8 Å². The first kappa shape index (κ1) is 21.8. The second kappa shape index (κ2) is 11.3. The van der Waals surface area contributed by atoms with E-state index in [2.05, 4.69) is 40.7 Å². The number of hydrogen-bond donors (Lipinski definition) is 2. The summed E-state index contributed by atoms with van der Waals surface area (Å²) >= 11 is 0. The number of rotatable bonds is 7. The molecule has 1 aromatic carbocycles. The Kier molecular flexibility index (Phi) is 9.14. The van der Waals surface area contributed by atoms with E-state index < -0.39 is 0 Å². The molecule has 0 aliphatic carbocycles. The van der Waals surface area contributed by atoms with E-state index in [-0.39, 0.29) is 30.0 Å². The molecule has 2 N–H and O–H groups in total. The number of furan rings is 1. The van der Waals surface area contributed by atoms with Crippen LogP contribution in [0.4, 0.5) is 0 Å². The van der Waals surface area contributed by atoms with Gasteiger partial charge in [0.2, 0.25) is 0 Å². The Morgan fingerprint density at radius 3 is 2.48 bits per heavy atom. The van der Waals surface area contributed by atoms with Crippen molar-refractivity contribution in [2.75, 3.05) is 26.2 Å². The van der Waals surface area contributed by atoms with E-state index in [1.807, 2.05) is 31.2 Å². The first-order chi connectivity index (χ1) is 12.8. The van der Waals surface area contributed by atoms with Gasteiger partial charge in [0.25, 0.3) is 0 Å². The molecule has 1 aliphatic rings. The van der Waals surface area contributed by atoms with Crippen LogP contribution in [0.5, 0.6) is 0 Å². The number of likely N-dealkylation sites (tertiary alicyclic amines) is 1. The van der Waals surface area contributed by atoms with Gasteiger partial charge in [-0.25, -0.2) is 4.99 Å². The van der Waals surface area contributed by atoms with Crippen molar-refractivity contribution < 1.29 is 4.42 Å². The van der Waals surface area contributed by atoms with Gasteiger partial charge in [0.05, 0.1) is 12.6 Å². The van der Waals surface area contributed by atoms with Gasteiger partial charge in [0, 0.05) is 13.1 Å². The molecule has 2 aromatic rings. The smallest absolute Gasteiger partial charge is 0.191 e. The zero-order chi connectivity index (χ0) is 18.2. The molecule has 1 saturated heterocycles. The van der Waals surface area contributed by atoms with Gasteiger partial charge < -0.3 is 15.1 Å². The number of aliphatic imine (C=N–C) groups is 1. The summed E-state index contributed by atoms with van der Waals surface area (Å²) in [5, 5.41) is 6.86. The van der Waals surface area contributed by atoms with Crippen LogP contribution in [-0.2, 0) is 6.54 Å². The van der Waals surface area contributed by atoms with Crippen LogP contribution in [-0.4, -0.2) is 37.0 Å². The van der Waals surface area contributed by atoms with Crippen LogP contribution in [0.15, 0.2) is 51.9 Å². The molecule has 1 fully saturated rings. The molecular weight excluding hydrogens is 451 g/mol. The lowest BCUT2D eigenvalue weighted by Crippen LogP contribution is -2.42. The predicted octanol–water partition coefficient (Wildman–Crippen LogP) is 4.10. The van der Waals surface area contributed by atoms with Crippen LogP contribution in [0.25, 0.3) is 0 Å². The van der Waals surface area contributed by atoms with E-state index in [0.717, 1.165) is 43.7 Å². The zero-order valence-corrected chi connectivity index (χ0v) is 18.6. The Hall–Kier alpha value is -1.54. The molecule has 3 rings (SSSR count). The average molecular weight is 482 g/mol. The molecule has 0 spiro atoms. The number of guanidine groups is 1. The summed E-state index contributed by atoms with van der Waals surface area (Å²) in [5.74, 6) is 2.86. The van der Waals surface area contributed by atoms with Gasteiger partial charge >= 0.3 is 0 Å². The quantitative estimate of drug-likeness (QED) is 0.355. The largest absolute Gasteiger partial charge is 0.465 e.